The molecule has 134 valence electrons. The number of fused-ring (bicyclic) bond motifs is 4. The highest BCUT2D eigenvalue weighted by atomic mass is 32.2. The summed E-state index contributed by atoms with van der Waals surface area (Å²) in [6, 6.07) is 1.69. The van der Waals surface area contributed by atoms with Gasteiger partial charge in [0.2, 0.25) is 5.91 Å². The van der Waals surface area contributed by atoms with Gasteiger partial charge >= 0.3 is 0 Å². The number of carbonyl (C=O) groups is 1. The molecule has 3 fully saturated rings. The number of piperidine rings is 1. The first-order valence-electron chi connectivity index (χ1n) is 8.16. The molecule has 0 spiro atoms. The highest BCUT2D eigenvalue weighted by Crippen LogP contribution is 2.30. The molecule has 1 amide bonds. The SMILES string of the molecule is Cc1cc(CC(=O)N2C[C@@H]3CC[C@H]2CN(S(=O)(=O)N(C)C)C3)on1. The Morgan fingerprint density at radius 3 is 2.71 bits per heavy atom. The Balaban J connectivity index is 1.75. The fraction of sp³-hybridized carbons (Fsp3) is 0.733. The van der Waals surface area contributed by atoms with Gasteiger partial charge < -0.3 is 9.42 Å². The van der Waals surface area contributed by atoms with Crippen LogP contribution in [0.15, 0.2) is 10.6 Å². The van der Waals surface area contributed by atoms with Crippen LogP contribution in [0.4, 0.5) is 0 Å². The smallest absolute Gasteiger partial charge is 0.281 e. The second-order valence-electron chi connectivity index (χ2n) is 6.86. The van der Waals surface area contributed by atoms with Gasteiger partial charge in [-0.25, -0.2) is 0 Å². The van der Waals surface area contributed by atoms with Crippen LogP contribution in [-0.2, 0) is 21.4 Å². The molecule has 4 heterocycles. The van der Waals surface area contributed by atoms with Crippen molar-refractivity contribution >= 4 is 16.1 Å². The second-order valence-corrected chi connectivity index (χ2v) is 9.00. The van der Waals surface area contributed by atoms with Gasteiger partial charge in [-0.2, -0.15) is 17.0 Å². The second kappa shape index (κ2) is 6.45. The maximum absolute atomic E-state index is 12.7. The number of nitrogens with zero attached hydrogens (tertiary/aromatic N) is 4. The van der Waals surface area contributed by atoms with E-state index in [4.69, 9.17) is 4.52 Å². The minimum Gasteiger partial charge on any atom is -0.361 e. The molecule has 8 nitrogen and oxygen atoms in total. The van der Waals surface area contributed by atoms with Gasteiger partial charge in [0, 0.05) is 45.8 Å². The Morgan fingerprint density at radius 1 is 1.33 bits per heavy atom. The van der Waals surface area contributed by atoms with Gasteiger partial charge in [-0.05, 0) is 25.7 Å². The van der Waals surface area contributed by atoms with Crippen molar-refractivity contribution in [1.82, 2.24) is 18.7 Å². The minimum atomic E-state index is -3.45. The highest BCUT2D eigenvalue weighted by molar-refractivity contribution is 7.86. The summed E-state index contributed by atoms with van der Waals surface area (Å²) in [5.41, 5.74) is 0.749. The first kappa shape index (κ1) is 17.4. The number of aryl methyl sites for hydroxylation is 1. The summed E-state index contributed by atoms with van der Waals surface area (Å²) in [7, 11) is -0.376. The van der Waals surface area contributed by atoms with Crippen LogP contribution in [0, 0.1) is 12.8 Å². The van der Waals surface area contributed by atoms with Crippen molar-refractivity contribution in [2.75, 3.05) is 33.7 Å². The van der Waals surface area contributed by atoms with E-state index in [0.29, 0.717) is 25.4 Å². The average molecular weight is 356 g/mol. The zero-order chi connectivity index (χ0) is 17.5. The van der Waals surface area contributed by atoms with Crippen molar-refractivity contribution in [2.24, 2.45) is 5.92 Å². The monoisotopic (exact) mass is 356 g/mol. The molecule has 1 aromatic rings. The van der Waals surface area contributed by atoms with E-state index in [1.165, 1.54) is 22.7 Å². The molecule has 0 aliphatic carbocycles. The summed E-state index contributed by atoms with van der Waals surface area (Å²) in [6.45, 7) is 3.26. The van der Waals surface area contributed by atoms with Crippen LogP contribution < -0.4 is 0 Å². The Morgan fingerprint density at radius 2 is 2.08 bits per heavy atom. The van der Waals surface area contributed by atoms with E-state index in [2.05, 4.69) is 5.16 Å². The van der Waals surface area contributed by atoms with E-state index in [1.54, 1.807) is 6.07 Å². The first-order chi connectivity index (χ1) is 11.3. The van der Waals surface area contributed by atoms with Crippen LogP contribution in [0.2, 0.25) is 0 Å². The number of hydrogen-bond donors (Lipinski definition) is 0. The zero-order valence-corrected chi connectivity index (χ0v) is 15.1. The lowest BCUT2D eigenvalue weighted by Crippen LogP contribution is -2.49. The van der Waals surface area contributed by atoms with E-state index in [9.17, 15) is 13.2 Å². The lowest BCUT2D eigenvalue weighted by molar-refractivity contribution is -0.134. The minimum absolute atomic E-state index is 0.0232. The van der Waals surface area contributed by atoms with Crippen LogP contribution in [0.25, 0.3) is 0 Å². The molecule has 3 aliphatic rings. The van der Waals surface area contributed by atoms with Crippen LogP contribution in [-0.4, -0.2) is 72.8 Å². The van der Waals surface area contributed by atoms with E-state index in [-0.39, 0.29) is 24.3 Å². The molecule has 0 N–H and O–H groups in total. The molecule has 3 aliphatic heterocycles. The Labute approximate surface area is 142 Å². The molecule has 0 unspecified atom stereocenters. The normalized spacial score (nSPS) is 25.2. The van der Waals surface area contributed by atoms with Gasteiger partial charge in [0.25, 0.3) is 10.2 Å². The highest BCUT2D eigenvalue weighted by Gasteiger charge is 2.41. The predicted octanol–water partition coefficient (Wildman–Crippen LogP) is 0.255. The number of rotatable bonds is 4. The van der Waals surface area contributed by atoms with Crippen LogP contribution >= 0.6 is 0 Å². The predicted molar refractivity (Wildman–Crippen MR) is 87.3 cm³/mol. The molecule has 4 rings (SSSR count). The molecule has 2 bridgehead atoms. The fourth-order valence-corrected chi connectivity index (χ4v) is 4.74. The molecule has 0 saturated carbocycles. The molecule has 3 saturated heterocycles. The van der Waals surface area contributed by atoms with Gasteiger partial charge in [0.05, 0.1) is 12.1 Å². The Hall–Kier alpha value is -1.45. The zero-order valence-electron chi connectivity index (χ0n) is 14.3. The van der Waals surface area contributed by atoms with E-state index < -0.39 is 10.2 Å². The lowest BCUT2D eigenvalue weighted by atomic mass is 9.94. The van der Waals surface area contributed by atoms with Crippen molar-refractivity contribution in [3.05, 3.63) is 17.5 Å². The third-order valence-electron chi connectivity index (χ3n) is 4.79. The van der Waals surface area contributed by atoms with Gasteiger partial charge in [0.1, 0.15) is 5.76 Å². The summed E-state index contributed by atoms with van der Waals surface area (Å²) in [6.07, 6.45) is 1.96. The molecular formula is C15H24N4O4S. The van der Waals surface area contributed by atoms with Crippen LogP contribution in [0.3, 0.4) is 0 Å². The fourth-order valence-electron chi connectivity index (χ4n) is 3.51. The molecule has 1 aromatic heterocycles. The van der Waals surface area contributed by atoms with Crippen LogP contribution in [0.5, 0.6) is 0 Å². The van der Waals surface area contributed by atoms with Crippen molar-refractivity contribution in [1.29, 1.82) is 0 Å². The van der Waals surface area contributed by atoms with Crippen molar-refractivity contribution in [2.45, 2.75) is 32.2 Å². The quantitative estimate of drug-likeness (QED) is 0.772. The topological polar surface area (TPSA) is 87.0 Å². The number of amides is 1. The third-order valence-corrected chi connectivity index (χ3v) is 6.66. The summed E-state index contributed by atoms with van der Waals surface area (Å²) in [5.74, 6) is 0.708. The summed E-state index contributed by atoms with van der Waals surface area (Å²) in [4.78, 5) is 14.5. The maximum Gasteiger partial charge on any atom is 0.281 e. The first-order valence-corrected chi connectivity index (χ1v) is 9.56. The summed E-state index contributed by atoms with van der Waals surface area (Å²) >= 11 is 0. The Bertz CT molecular complexity index is 715. The number of carbonyl (C=O) groups excluding carboxylic acids is 1. The van der Waals surface area contributed by atoms with Crippen LogP contribution in [0.1, 0.15) is 24.3 Å². The maximum atomic E-state index is 12.7. The van der Waals surface area contributed by atoms with E-state index in [1.807, 2.05) is 11.8 Å². The van der Waals surface area contributed by atoms with Crippen molar-refractivity contribution in [3.63, 3.8) is 0 Å². The third kappa shape index (κ3) is 3.33. The van der Waals surface area contributed by atoms with Gasteiger partial charge in [0.15, 0.2) is 0 Å². The largest absolute Gasteiger partial charge is 0.361 e. The molecular weight excluding hydrogens is 332 g/mol. The molecule has 24 heavy (non-hydrogen) atoms. The molecule has 9 heteroatoms. The molecule has 0 aromatic carbocycles. The van der Waals surface area contributed by atoms with Gasteiger partial charge in [-0.1, -0.05) is 5.16 Å². The van der Waals surface area contributed by atoms with E-state index in [0.717, 1.165) is 18.5 Å². The average Bonchev–Trinajstić information content (AvgIpc) is 2.74. The standard InChI is InChI=1S/C15H24N4O4S/c1-11-6-14(23-16-11)7-15(20)19-9-12-4-5-13(19)10-18(8-12)24(21,22)17(2)3/h6,12-13H,4-5,7-10H2,1-3H3/t12-,13+/m1/s1. The van der Waals surface area contributed by atoms with Gasteiger partial charge in [-0.15, -0.1) is 0 Å². The van der Waals surface area contributed by atoms with Crippen molar-refractivity contribution < 1.29 is 17.7 Å². The van der Waals surface area contributed by atoms with Crippen molar-refractivity contribution in [3.8, 4) is 0 Å². The lowest BCUT2D eigenvalue weighted by Gasteiger charge is -2.36. The molecule has 0 radical (unpaired) electrons. The summed E-state index contributed by atoms with van der Waals surface area (Å²) < 4.78 is 32.8. The number of hydrogen-bond acceptors (Lipinski definition) is 5. The number of aromatic nitrogens is 1. The van der Waals surface area contributed by atoms with E-state index >= 15 is 0 Å². The van der Waals surface area contributed by atoms with Gasteiger partial charge in [-0.3, -0.25) is 4.79 Å². The Kier molecular flexibility index (Phi) is 4.67. The summed E-state index contributed by atoms with van der Waals surface area (Å²) in [5, 5.41) is 3.81. The molecule has 2 atom stereocenters.